The fourth-order valence-corrected chi connectivity index (χ4v) is 3.54. The maximum atomic E-state index is 12.7. The highest BCUT2D eigenvalue weighted by atomic mass is 79.9. The van der Waals surface area contributed by atoms with E-state index in [1.54, 1.807) is 18.5 Å². The second kappa shape index (κ2) is 5.77. The number of imidazole rings is 1. The third kappa shape index (κ3) is 2.41. The molecule has 0 radical (unpaired) electrons. The lowest BCUT2D eigenvalue weighted by molar-refractivity contribution is 0.0974. The number of aromatic amines is 1. The van der Waals surface area contributed by atoms with E-state index in [0.29, 0.717) is 24.6 Å². The Morgan fingerprint density at radius 3 is 3.08 bits per heavy atom. The van der Waals surface area contributed by atoms with Crippen molar-refractivity contribution in [1.29, 1.82) is 0 Å². The molecule has 0 unspecified atom stereocenters. The lowest BCUT2D eigenvalue weighted by Crippen LogP contribution is -2.47. The molecule has 8 heteroatoms. The Labute approximate surface area is 157 Å². The second-order valence-electron chi connectivity index (χ2n) is 6.04. The highest BCUT2D eigenvalue weighted by molar-refractivity contribution is 9.10. The van der Waals surface area contributed by atoms with E-state index in [-0.39, 0.29) is 5.91 Å². The Bertz CT molecular complexity index is 1120. The van der Waals surface area contributed by atoms with Gasteiger partial charge in [-0.05, 0) is 36.4 Å². The van der Waals surface area contributed by atoms with Gasteiger partial charge in [0.25, 0.3) is 5.91 Å². The number of aliphatic imine (C=N–C) groups is 2. The van der Waals surface area contributed by atoms with E-state index < -0.39 is 0 Å². The number of rotatable bonds is 1. The summed E-state index contributed by atoms with van der Waals surface area (Å²) >= 11 is 3.47. The van der Waals surface area contributed by atoms with E-state index in [2.05, 4.69) is 41.2 Å². The van der Waals surface area contributed by atoms with E-state index in [1.165, 1.54) is 0 Å². The number of benzene rings is 2. The normalized spacial score (nSPS) is 15.3. The monoisotopic (exact) mass is 408 g/mol. The zero-order chi connectivity index (χ0) is 17.7. The molecular weight excluding hydrogens is 396 g/mol. The van der Waals surface area contributed by atoms with Crippen LogP contribution in [0.5, 0.6) is 0 Å². The van der Waals surface area contributed by atoms with Crippen molar-refractivity contribution in [2.75, 3.05) is 13.1 Å². The van der Waals surface area contributed by atoms with E-state index in [0.717, 1.165) is 32.6 Å². The van der Waals surface area contributed by atoms with Crippen LogP contribution in [-0.2, 0) is 0 Å². The molecule has 0 atom stereocenters. The molecule has 128 valence electrons. The predicted molar refractivity (Wildman–Crippen MR) is 103 cm³/mol. The number of aromatic nitrogens is 2. The molecule has 5 rings (SSSR count). The van der Waals surface area contributed by atoms with Gasteiger partial charge in [-0.2, -0.15) is 0 Å². The van der Waals surface area contributed by atoms with Crippen LogP contribution in [0.15, 0.2) is 57.2 Å². The smallest absolute Gasteiger partial charge is 0.258 e. The van der Waals surface area contributed by atoms with Crippen molar-refractivity contribution in [2.24, 2.45) is 9.98 Å². The zero-order valence-corrected chi connectivity index (χ0v) is 15.1. The minimum Gasteiger partial charge on any atom is -0.345 e. The molecule has 1 aromatic heterocycles. The van der Waals surface area contributed by atoms with Gasteiger partial charge in [-0.1, -0.05) is 15.9 Å². The summed E-state index contributed by atoms with van der Waals surface area (Å²) in [5.74, 6) is 1.12. The van der Waals surface area contributed by atoms with Gasteiger partial charge in [0.1, 0.15) is 5.84 Å². The molecule has 7 nitrogen and oxygen atoms in total. The highest BCUT2D eigenvalue weighted by Gasteiger charge is 2.30. The summed E-state index contributed by atoms with van der Waals surface area (Å²) in [6.07, 6.45) is 1.61. The minimum absolute atomic E-state index is 0.224. The van der Waals surface area contributed by atoms with E-state index in [1.807, 2.05) is 29.2 Å². The standard InChI is InChI=1S/C18H13BrN6O/c19-11-2-3-12-14(8-11)23-18(25-6-5-20-16(12)25)24-17(26)10-1-4-13-15(7-10)22-9-21-13/h1-4,7-9H,5-6H2,(H,21,22)(H,23,24,26). The molecular formula is C18H13BrN6O. The highest BCUT2D eigenvalue weighted by Crippen LogP contribution is 2.30. The quantitative estimate of drug-likeness (QED) is 0.648. The van der Waals surface area contributed by atoms with Crippen LogP contribution in [0.1, 0.15) is 15.9 Å². The van der Waals surface area contributed by atoms with Crippen LogP contribution in [0.3, 0.4) is 0 Å². The number of H-pyrrole nitrogens is 1. The molecule has 2 N–H and O–H groups in total. The fourth-order valence-electron chi connectivity index (χ4n) is 3.19. The van der Waals surface area contributed by atoms with Gasteiger partial charge in [-0.25, -0.2) is 9.98 Å². The molecule has 26 heavy (non-hydrogen) atoms. The van der Waals surface area contributed by atoms with Crippen LogP contribution in [0.4, 0.5) is 5.69 Å². The third-order valence-corrected chi connectivity index (χ3v) is 4.93. The minimum atomic E-state index is -0.224. The Morgan fingerprint density at radius 2 is 2.15 bits per heavy atom. The summed E-state index contributed by atoms with van der Waals surface area (Å²) in [7, 11) is 0. The molecule has 1 amide bonds. The number of carbonyl (C=O) groups excluding carboxylic acids is 1. The second-order valence-corrected chi connectivity index (χ2v) is 6.96. The number of halogens is 1. The first-order valence-electron chi connectivity index (χ1n) is 8.14. The third-order valence-electron chi connectivity index (χ3n) is 4.43. The van der Waals surface area contributed by atoms with Gasteiger partial charge in [0, 0.05) is 22.1 Å². The molecule has 0 aliphatic carbocycles. The molecule has 0 fully saturated rings. The van der Waals surface area contributed by atoms with Crippen LogP contribution in [-0.4, -0.2) is 45.7 Å². The first-order chi connectivity index (χ1) is 12.7. The van der Waals surface area contributed by atoms with Crippen LogP contribution < -0.4 is 5.32 Å². The number of nitrogens with zero attached hydrogens (tertiary/aromatic N) is 4. The number of hydrogen-bond donors (Lipinski definition) is 2. The molecule has 3 aromatic rings. The first kappa shape index (κ1) is 15.3. The maximum absolute atomic E-state index is 12.7. The number of fused-ring (bicyclic) bond motifs is 4. The van der Waals surface area contributed by atoms with E-state index in [4.69, 9.17) is 0 Å². The van der Waals surface area contributed by atoms with Gasteiger partial charge in [0.15, 0.2) is 0 Å². The largest absolute Gasteiger partial charge is 0.345 e. The number of hydrogen-bond acceptors (Lipinski definition) is 5. The van der Waals surface area contributed by atoms with Gasteiger partial charge < -0.3 is 4.98 Å². The van der Waals surface area contributed by atoms with Gasteiger partial charge in [0.05, 0.1) is 29.6 Å². The van der Waals surface area contributed by atoms with Crippen LogP contribution in [0.25, 0.3) is 11.0 Å². The van der Waals surface area contributed by atoms with Crippen molar-refractivity contribution in [3.63, 3.8) is 0 Å². The SMILES string of the molecule is O=C(NC1=Nc2cc(Br)ccc2C2=NCCN12)c1ccc2[nH]cnc2c1. The number of nitrogens with one attached hydrogen (secondary N) is 2. The molecule has 2 aromatic carbocycles. The van der Waals surface area contributed by atoms with Crippen molar-refractivity contribution in [1.82, 2.24) is 20.2 Å². The van der Waals surface area contributed by atoms with Crippen LogP contribution in [0, 0.1) is 0 Å². The van der Waals surface area contributed by atoms with Crippen LogP contribution >= 0.6 is 15.9 Å². The number of carbonyl (C=O) groups is 1. The Morgan fingerprint density at radius 1 is 1.23 bits per heavy atom. The Kier molecular flexibility index (Phi) is 3.39. The van der Waals surface area contributed by atoms with Crippen molar-refractivity contribution >= 4 is 50.4 Å². The summed E-state index contributed by atoms with van der Waals surface area (Å²) in [6.45, 7) is 1.38. The molecule has 0 saturated carbocycles. The average Bonchev–Trinajstić information content (AvgIpc) is 3.30. The summed E-state index contributed by atoms with van der Waals surface area (Å²) < 4.78 is 0.932. The van der Waals surface area contributed by atoms with Gasteiger partial charge >= 0.3 is 0 Å². The molecule has 3 heterocycles. The predicted octanol–water partition coefficient (Wildman–Crippen LogP) is 2.82. The molecule has 0 saturated heterocycles. The van der Waals surface area contributed by atoms with E-state index >= 15 is 0 Å². The Hall–Kier alpha value is -3.00. The lowest BCUT2D eigenvalue weighted by Gasteiger charge is -2.27. The number of amides is 1. The molecule has 0 bridgehead atoms. The summed E-state index contributed by atoms with van der Waals surface area (Å²) in [6, 6.07) is 11.3. The lowest BCUT2D eigenvalue weighted by atomic mass is 10.1. The average molecular weight is 409 g/mol. The topological polar surface area (TPSA) is 85.7 Å². The Balaban J connectivity index is 1.51. The molecule has 2 aliphatic rings. The maximum Gasteiger partial charge on any atom is 0.258 e. The van der Waals surface area contributed by atoms with Crippen molar-refractivity contribution < 1.29 is 4.79 Å². The van der Waals surface area contributed by atoms with Gasteiger partial charge in [0.2, 0.25) is 5.96 Å². The van der Waals surface area contributed by atoms with Gasteiger partial charge in [-0.15, -0.1) is 0 Å². The number of amidine groups is 1. The summed E-state index contributed by atoms with van der Waals surface area (Å²) in [5.41, 5.74) is 3.94. The van der Waals surface area contributed by atoms with Crippen LogP contribution in [0.2, 0.25) is 0 Å². The molecule has 2 aliphatic heterocycles. The summed E-state index contributed by atoms with van der Waals surface area (Å²) in [5, 5.41) is 2.93. The molecule has 0 spiro atoms. The van der Waals surface area contributed by atoms with Crippen molar-refractivity contribution in [2.45, 2.75) is 0 Å². The summed E-state index contributed by atoms with van der Waals surface area (Å²) in [4.78, 5) is 31.1. The fraction of sp³-hybridized carbons (Fsp3) is 0.111. The van der Waals surface area contributed by atoms with Crippen molar-refractivity contribution in [3.05, 3.63) is 58.3 Å². The zero-order valence-electron chi connectivity index (χ0n) is 13.5. The van der Waals surface area contributed by atoms with E-state index in [9.17, 15) is 4.79 Å². The number of guanidine groups is 1. The van der Waals surface area contributed by atoms with Crippen molar-refractivity contribution in [3.8, 4) is 0 Å². The first-order valence-corrected chi connectivity index (χ1v) is 8.93. The van der Waals surface area contributed by atoms with Gasteiger partial charge in [-0.3, -0.25) is 20.0 Å².